The highest BCUT2D eigenvalue weighted by molar-refractivity contribution is 7.86. The molecular formula is C22H31N3O4S. The van der Waals surface area contributed by atoms with Gasteiger partial charge in [0.1, 0.15) is 0 Å². The number of piperidine rings is 1. The summed E-state index contributed by atoms with van der Waals surface area (Å²) in [6.45, 7) is 4.03. The molecule has 0 saturated carbocycles. The molecule has 0 amide bonds. The zero-order valence-electron chi connectivity index (χ0n) is 18.0. The standard InChI is InChI=1S/C22H31N3O4S/c1-18-8-13-24(14-9-18)30(26,27)25(17-20-6-11-23-12-7-20)15-10-19-4-5-21(28-2)22(16-19)29-3/h4-7,11-12,16,18H,8-10,13-15,17H2,1-3H3. The molecule has 1 aliphatic rings. The van der Waals surface area contributed by atoms with Gasteiger partial charge in [0, 0.05) is 38.6 Å². The van der Waals surface area contributed by atoms with Gasteiger partial charge in [0.2, 0.25) is 0 Å². The molecule has 1 aliphatic heterocycles. The van der Waals surface area contributed by atoms with Crippen molar-refractivity contribution in [1.82, 2.24) is 13.6 Å². The monoisotopic (exact) mass is 433 g/mol. The first-order valence-electron chi connectivity index (χ1n) is 10.3. The highest BCUT2D eigenvalue weighted by Gasteiger charge is 2.32. The smallest absolute Gasteiger partial charge is 0.282 e. The van der Waals surface area contributed by atoms with E-state index < -0.39 is 10.2 Å². The number of aromatic nitrogens is 1. The molecule has 0 unspecified atom stereocenters. The highest BCUT2D eigenvalue weighted by Crippen LogP contribution is 2.28. The van der Waals surface area contributed by atoms with Crippen LogP contribution in [-0.2, 0) is 23.2 Å². The van der Waals surface area contributed by atoms with Crippen LogP contribution in [0.25, 0.3) is 0 Å². The van der Waals surface area contributed by atoms with Crippen LogP contribution in [0.5, 0.6) is 11.5 Å². The minimum Gasteiger partial charge on any atom is -0.493 e. The SMILES string of the molecule is COc1ccc(CCN(Cc2ccncc2)S(=O)(=O)N2CCC(C)CC2)cc1OC. The van der Waals surface area contributed by atoms with Crippen molar-refractivity contribution in [3.63, 3.8) is 0 Å². The van der Waals surface area contributed by atoms with E-state index in [1.165, 1.54) is 0 Å². The lowest BCUT2D eigenvalue weighted by Crippen LogP contribution is -2.47. The molecule has 2 heterocycles. The Morgan fingerprint density at radius 2 is 1.70 bits per heavy atom. The fraction of sp³-hybridized carbons (Fsp3) is 0.500. The predicted octanol–water partition coefficient (Wildman–Crippen LogP) is 3.12. The molecule has 1 aromatic heterocycles. The number of rotatable bonds is 9. The number of methoxy groups -OCH3 is 2. The summed E-state index contributed by atoms with van der Waals surface area (Å²) in [5.41, 5.74) is 1.92. The van der Waals surface area contributed by atoms with Crippen LogP contribution in [0.3, 0.4) is 0 Å². The van der Waals surface area contributed by atoms with E-state index in [-0.39, 0.29) is 0 Å². The maximum Gasteiger partial charge on any atom is 0.282 e. The van der Waals surface area contributed by atoms with Crippen molar-refractivity contribution in [2.45, 2.75) is 32.7 Å². The van der Waals surface area contributed by atoms with E-state index in [0.29, 0.717) is 50.0 Å². The van der Waals surface area contributed by atoms with Gasteiger partial charge >= 0.3 is 0 Å². The van der Waals surface area contributed by atoms with Crippen LogP contribution in [0.1, 0.15) is 30.9 Å². The van der Waals surface area contributed by atoms with E-state index in [1.807, 2.05) is 30.3 Å². The van der Waals surface area contributed by atoms with Gasteiger partial charge in [-0.15, -0.1) is 0 Å². The fourth-order valence-electron chi connectivity index (χ4n) is 3.64. The van der Waals surface area contributed by atoms with E-state index >= 15 is 0 Å². The Bertz CT molecular complexity index is 913. The number of nitrogens with zero attached hydrogens (tertiary/aromatic N) is 3. The largest absolute Gasteiger partial charge is 0.493 e. The first-order valence-corrected chi connectivity index (χ1v) is 11.7. The van der Waals surface area contributed by atoms with Gasteiger partial charge in [0.05, 0.1) is 14.2 Å². The Balaban J connectivity index is 1.79. The zero-order valence-corrected chi connectivity index (χ0v) is 18.8. The van der Waals surface area contributed by atoms with E-state index in [4.69, 9.17) is 9.47 Å². The van der Waals surface area contributed by atoms with Crippen LogP contribution in [-0.4, -0.2) is 55.9 Å². The average molecular weight is 434 g/mol. The van der Waals surface area contributed by atoms with Crippen molar-refractivity contribution in [3.05, 3.63) is 53.9 Å². The molecule has 3 rings (SSSR count). The van der Waals surface area contributed by atoms with E-state index in [9.17, 15) is 8.42 Å². The molecule has 0 aliphatic carbocycles. The zero-order chi connectivity index (χ0) is 21.6. The molecule has 1 fully saturated rings. The number of ether oxygens (including phenoxy) is 2. The minimum absolute atomic E-state index is 0.324. The maximum atomic E-state index is 13.4. The third-order valence-corrected chi connectivity index (χ3v) is 7.58. The van der Waals surface area contributed by atoms with Crippen LogP contribution in [0.2, 0.25) is 0 Å². The molecule has 0 spiro atoms. The van der Waals surface area contributed by atoms with E-state index in [1.54, 1.807) is 35.2 Å². The Hall–Kier alpha value is -2.16. The maximum absolute atomic E-state index is 13.4. The van der Waals surface area contributed by atoms with Crippen molar-refractivity contribution in [2.75, 3.05) is 33.9 Å². The number of hydrogen-bond acceptors (Lipinski definition) is 5. The Kier molecular flexibility index (Phi) is 7.69. The molecule has 1 aromatic carbocycles. The van der Waals surface area contributed by atoms with Crippen molar-refractivity contribution < 1.29 is 17.9 Å². The quantitative estimate of drug-likeness (QED) is 0.608. The van der Waals surface area contributed by atoms with E-state index in [0.717, 1.165) is 24.0 Å². The van der Waals surface area contributed by atoms with Gasteiger partial charge in [0.15, 0.2) is 11.5 Å². The molecule has 0 bridgehead atoms. The van der Waals surface area contributed by atoms with E-state index in [2.05, 4.69) is 11.9 Å². The summed E-state index contributed by atoms with van der Waals surface area (Å²) in [5, 5.41) is 0. The van der Waals surface area contributed by atoms with Crippen LogP contribution in [0, 0.1) is 5.92 Å². The van der Waals surface area contributed by atoms with Crippen molar-refractivity contribution >= 4 is 10.2 Å². The molecule has 164 valence electrons. The third-order valence-electron chi connectivity index (χ3n) is 5.60. The minimum atomic E-state index is -3.55. The normalized spacial score (nSPS) is 16.0. The van der Waals surface area contributed by atoms with Crippen LogP contribution in [0.15, 0.2) is 42.7 Å². The van der Waals surface area contributed by atoms with Gasteiger partial charge in [-0.2, -0.15) is 17.0 Å². The van der Waals surface area contributed by atoms with Gasteiger partial charge in [-0.05, 0) is 60.6 Å². The summed E-state index contributed by atoms with van der Waals surface area (Å²) in [6.07, 6.45) is 5.76. The first kappa shape index (κ1) is 22.5. The third kappa shape index (κ3) is 5.50. The van der Waals surface area contributed by atoms with Gasteiger partial charge in [-0.1, -0.05) is 13.0 Å². The molecule has 1 saturated heterocycles. The van der Waals surface area contributed by atoms with Gasteiger partial charge < -0.3 is 9.47 Å². The molecule has 2 aromatic rings. The summed E-state index contributed by atoms with van der Waals surface area (Å²) in [5.74, 6) is 1.87. The Labute approximate surface area is 179 Å². The lowest BCUT2D eigenvalue weighted by atomic mass is 10.0. The lowest BCUT2D eigenvalue weighted by molar-refractivity contribution is 0.262. The second kappa shape index (κ2) is 10.2. The molecule has 0 N–H and O–H groups in total. The topological polar surface area (TPSA) is 72.0 Å². The summed E-state index contributed by atoms with van der Waals surface area (Å²) >= 11 is 0. The Morgan fingerprint density at radius 3 is 2.33 bits per heavy atom. The summed E-state index contributed by atoms with van der Waals surface area (Å²) in [7, 11) is -0.360. The van der Waals surface area contributed by atoms with Crippen LogP contribution in [0.4, 0.5) is 0 Å². The molecule has 7 nitrogen and oxygen atoms in total. The average Bonchev–Trinajstić information content (AvgIpc) is 2.77. The van der Waals surface area contributed by atoms with Crippen LogP contribution < -0.4 is 9.47 Å². The summed E-state index contributed by atoms with van der Waals surface area (Å²) in [6, 6.07) is 9.41. The van der Waals surface area contributed by atoms with Gasteiger partial charge in [0.25, 0.3) is 10.2 Å². The summed E-state index contributed by atoms with van der Waals surface area (Å²) < 4.78 is 40.7. The molecular weight excluding hydrogens is 402 g/mol. The number of benzene rings is 1. The fourth-order valence-corrected chi connectivity index (χ4v) is 5.27. The van der Waals surface area contributed by atoms with Crippen LogP contribution >= 0.6 is 0 Å². The number of pyridine rings is 1. The lowest BCUT2D eigenvalue weighted by Gasteiger charge is -2.34. The molecule has 8 heteroatoms. The van der Waals surface area contributed by atoms with Crippen molar-refractivity contribution in [2.24, 2.45) is 5.92 Å². The molecule has 30 heavy (non-hydrogen) atoms. The summed E-state index contributed by atoms with van der Waals surface area (Å²) in [4.78, 5) is 4.04. The molecule has 0 atom stereocenters. The Morgan fingerprint density at radius 1 is 1.03 bits per heavy atom. The predicted molar refractivity (Wildman–Crippen MR) is 117 cm³/mol. The first-order chi connectivity index (χ1) is 14.4. The van der Waals surface area contributed by atoms with Crippen molar-refractivity contribution in [3.8, 4) is 11.5 Å². The van der Waals surface area contributed by atoms with Gasteiger partial charge in [-0.3, -0.25) is 4.98 Å². The second-order valence-corrected chi connectivity index (χ2v) is 9.65. The number of hydrogen-bond donors (Lipinski definition) is 0. The highest BCUT2D eigenvalue weighted by atomic mass is 32.2. The second-order valence-electron chi connectivity index (χ2n) is 7.72. The van der Waals surface area contributed by atoms with Crippen molar-refractivity contribution in [1.29, 1.82) is 0 Å². The van der Waals surface area contributed by atoms with Gasteiger partial charge in [-0.25, -0.2) is 0 Å². The molecule has 0 radical (unpaired) electrons.